The number of alkyl halides is 2. The topological polar surface area (TPSA) is 35.5 Å². The van der Waals surface area contributed by atoms with E-state index >= 15 is 0 Å². The van der Waals surface area contributed by atoms with Crippen LogP contribution < -0.4 is 0 Å². The molecule has 0 unspecified atom stereocenters. The summed E-state index contributed by atoms with van der Waals surface area (Å²) in [5, 5.41) is 0. The molecule has 0 aromatic heterocycles. The van der Waals surface area contributed by atoms with Crippen LogP contribution in [0.5, 0.6) is 0 Å². The Morgan fingerprint density at radius 3 is 1.45 bits per heavy atom. The lowest BCUT2D eigenvalue weighted by atomic mass is 9.43. The van der Waals surface area contributed by atoms with Gasteiger partial charge in [0.1, 0.15) is 4.33 Å². The summed E-state index contributed by atoms with van der Waals surface area (Å²) in [6, 6.07) is 0. The van der Waals surface area contributed by atoms with Gasteiger partial charge in [0.05, 0.1) is 23.0 Å². The van der Waals surface area contributed by atoms with E-state index in [-0.39, 0.29) is 12.2 Å². The van der Waals surface area contributed by atoms with Crippen LogP contribution in [-0.2, 0) is 14.3 Å². The van der Waals surface area contributed by atoms with Crippen LogP contribution in [0.3, 0.4) is 0 Å². The third-order valence-electron chi connectivity index (χ3n) is 7.85. The molecule has 0 aromatic rings. The van der Waals surface area contributed by atoms with Gasteiger partial charge in [0.25, 0.3) is 0 Å². The molecule has 0 heterocycles. The van der Waals surface area contributed by atoms with Crippen molar-refractivity contribution in [1.82, 2.24) is 0 Å². The molecule has 3 saturated carbocycles. The third kappa shape index (κ3) is 4.41. The smallest absolute Gasteiger partial charge is 0.151 e. The normalized spacial score (nSPS) is 36.5. The van der Waals surface area contributed by atoms with Crippen LogP contribution in [0.15, 0.2) is 0 Å². The number of carbonyl (C=O) groups is 1. The van der Waals surface area contributed by atoms with E-state index in [1.54, 1.807) is 0 Å². The number of halogens is 2. The number of hydrogen-bond donors (Lipinski definition) is 0. The average molecular weight is 447 g/mol. The minimum atomic E-state index is -0.933. The van der Waals surface area contributed by atoms with E-state index in [0.717, 1.165) is 77.4 Å². The molecule has 0 amide bonds. The minimum absolute atomic E-state index is 0.262. The molecule has 0 radical (unpaired) electrons. The van der Waals surface area contributed by atoms with Crippen molar-refractivity contribution in [2.75, 3.05) is 13.2 Å². The van der Waals surface area contributed by atoms with E-state index in [0.29, 0.717) is 5.78 Å². The molecule has 3 aliphatic rings. The number of ketones is 1. The highest BCUT2D eigenvalue weighted by Gasteiger charge is 2.79. The average Bonchev–Trinajstić information content (AvgIpc) is 2.74. The van der Waals surface area contributed by atoms with Crippen molar-refractivity contribution in [2.45, 2.75) is 120 Å². The van der Waals surface area contributed by atoms with Crippen molar-refractivity contribution in [3.05, 3.63) is 0 Å². The highest BCUT2D eigenvalue weighted by atomic mass is 35.5. The largest absolute Gasteiger partial charge is 0.378 e. The molecule has 0 saturated heterocycles. The van der Waals surface area contributed by atoms with Crippen molar-refractivity contribution in [3.8, 4) is 0 Å². The molecule has 0 aromatic carbocycles. The van der Waals surface area contributed by atoms with Crippen LogP contribution in [-0.4, -0.2) is 35.5 Å². The lowest BCUT2D eigenvalue weighted by molar-refractivity contribution is -0.176. The third-order valence-corrected chi connectivity index (χ3v) is 9.29. The first-order valence-corrected chi connectivity index (χ1v) is 12.8. The Labute approximate surface area is 187 Å². The van der Waals surface area contributed by atoms with Gasteiger partial charge in [0.2, 0.25) is 0 Å². The molecule has 2 spiro atoms. The van der Waals surface area contributed by atoms with Crippen LogP contribution in [0.4, 0.5) is 0 Å². The number of Topliss-reactive ketones (excluding diaryl/α,β-unsaturated/α-hetero) is 1. The summed E-state index contributed by atoms with van der Waals surface area (Å²) >= 11 is 14.0. The summed E-state index contributed by atoms with van der Waals surface area (Å²) in [6.07, 6.45) is 14.3. The monoisotopic (exact) mass is 446 g/mol. The van der Waals surface area contributed by atoms with Crippen molar-refractivity contribution < 1.29 is 14.3 Å². The Kier molecular flexibility index (Phi) is 8.37. The second-order valence-electron chi connectivity index (χ2n) is 9.62. The van der Waals surface area contributed by atoms with E-state index in [4.69, 9.17) is 32.7 Å². The molecule has 0 atom stereocenters. The molecule has 3 rings (SSSR count). The second-order valence-corrected chi connectivity index (χ2v) is 10.9. The zero-order valence-electron chi connectivity index (χ0n) is 18.4. The van der Waals surface area contributed by atoms with Gasteiger partial charge in [-0.1, -0.05) is 62.7 Å². The maximum Gasteiger partial charge on any atom is 0.151 e. The Balaban J connectivity index is 1.50. The molecule has 29 heavy (non-hydrogen) atoms. The number of ether oxygens (including phenoxy) is 2. The number of hydrogen-bond acceptors (Lipinski definition) is 3. The van der Waals surface area contributed by atoms with Crippen LogP contribution in [0.2, 0.25) is 0 Å². The molecular weight excluding hydrogens is 407 g/mol. The van der Waals surface area contributed by atoms with Gasteiger partial charge in [-0.2, -0.15) is 0 Å². The highest BCUT2D eigenvalue weighted by molar-refractivity contribution is 6.55. The number of carbonyl (C=O) groups excluding carboxylic acids is 1. The number of rotatable bonds is 10. The van der Waals surface area contributed by atoms with E-state index in [2.05, 4.69) is 13.8 Å². The molecule has 0 bridgehead atoms. The predicted octanol–water partition coefficient (Wildman–Crippen LogP) is 7.01. The first-order valence-electron chi connectivity index (χ1n) is 12.1. The summed E-state index contributed by atoms with van der Waals surface area (Å²) in [4.78, 5) is 13.5. The maximum atomic E-state index is 13.5. The Hall–Kier alpha value is 0.170. The summed E-state index contributed by atoms with van der Waals surface area (Å²) in [5.41, 5.74) is -1.09. The van der Waals surface area contributed by atoms with Gasteiger partial charge in [-0.15, -0.1) is 0 Å². The van der Waals surface area contributed by atoms with Gasteiger partial charge in [0, 0.05) is 13.2 Å². The lowest BCUT2D eigenvalue weighted by Crippen LogP contribution is -2.74. The minimum Gasteiger partial charge on any atom is -0.378 e. The van der Waals surface area contributed by atoms with Crippen molar-refractivity contribution >= 4 is 29.0 Å². The standard InChI is InChI=1S/C24H40Cl2O3/c1-3-5-7-17-28-19-9-13-22(14-10-19)21(27)23(24(22,25)26)15-11-20(12-16-23)29-18-8-6-4-2/h19-20H,3-18H2,1-2H3. The molecule has 3 nitrogen and oxygen atoms in total. The summed E-state index contributed by atoms with van der Waals surface area (Å²) in [6.45, 7) is 6.07. The zero-order chi connectivity index (χ0) is 21.0. The molecule has 0 N–H and O–H groups in total. The molecule has 3 aliphatic carbocycles. The van der Waals surface area contributed by atoms with E-state index in [1.807, 2.05) is 0 Å². The second kappa shape index (κ2) is 10.2. The van der Waals surface area contributed by atoms with Gasteiger partial charge < -0.3 is 9.47 Å². The fraction of sp³-hybridized carbons (Fsp3) is 0.958. The van der Waals surface area contributed by atoms with Gasteiger partial charge in [-0.25, -0.2) is 0 Å². The summed E-state index contributed by atoms with van der Waals surface area (Å²) < 4.78 is 11.2. The summed E-state index contributed by atoms with van der Waals surface area (Å²) in [7, 11) is 0. The quantitative estimate of drug-likeness (QED) is 0.267. The van der Waals surface area contributed by atoms with Gasteiger partial charge in [-0.05, 0) is 64.2 Å². The predicted molar refractivity (Wildman–Crippen MR) is 120 cm³/mol. The zero-order valence-corrected chi connectivity index (χ0v) is 20.0. The number of unbranched alkanes of at least 4 members (excludes halogenated alkanes) is 4. The van der Waals surface area contributed by atoms with E-state index in [1.165, 1.54) is 25.7 Å². The van der Waals surface area contributed by atoms with Gasteiger partial charge >= 0.3 is 0 Å². The van der Waals surface area contributed by atoms with Crippen molar-refractivity contribution in [2.24, 2.45) is 10.8 Å². The highest BCUT2D eigenvalue weighted by Crippen LogP contribution is 2.74. The van der Waals surface area contributed by atoms with Crippen LogP contribution >= 0.6 is 23.2 Å². The van der Waals surface area contributed by atoms with Crippen LogP contribution in [0, 0.1) is 10.8 Å². The molecule has 5 heteroatoms. The Morgan fingerprint density at radius 2 is 1.14 bits per heavy atom. The first-order chi connectivity index (χ1) is 13.9. The maximum absolute atomic E-state index is 13.5. The Morgan fingerprint density at radius 1 is 0.759 bits per heavy atom. The van der Waals surface area contributed by atoms with E-state index < -0.39 is 15.2 Å². The SMILES string of the molecule is CCCCCOC1CCC2(CC1)C(=O)C1(CCC(OCCCCC)CC1)C2(Cl)Cl. The van der Waals surface area contributed by atoms with Crippen LogP contribution in [0.25, 0.3) is 0 Å². The molecule has 168 valence electrons. The molecule has 3 fully saturated rings. The molecule has 0 aliphatic heterocycles. The first kappa shape index (κ1) is 23.8. The van der Waals surface area contributed by atoms with Gasteiger partial charge in [0.15, 0.2) is 5.78 Å². The van der Waals surface area contributed by atoms with Gasteiger partial charge in [-0.3, -0.25) is 4.79 Å². The van der Waals surface area contributed by atoms with E-state index in [9.17, 15) is 4.79 Å². The molecular formula is C24H40Cl2O3. The fourth-order valence-corrected chi connectivity index (χ4v) is 7.03. The van der Waals surface area contributed by atoms with Crippen LogP contribution in [0.1, 0.15) is 104 Å². The lowest BCUT2D eigenvalue weighted by Gasteiger charge is -2.66. The Bertz CT molecular complexity index is 488. The van der Waals surface area contributed by atoms with Crippen molar-refractivity contribution in [3.63, 3.8) is 0 Å². The van der Waals surface area contributed by atoms with Crippen molar-refractivity contribution in [1.29, 1.82) is 0 Å². The summed E-state index contributed by atoms with van der Waals surface area (Å²) in [5.74, 6) is 0.337. The fourth-order valence-electron chi connectivity index (χ4n) is 5.93.